The van der Waals surface area contributed by atoms with Crippen molar-refractivity contribution in [3.8, 4) is 0 Å². The first-order valence-corrected chi connectivity index (χ1v) is 6.83. The molecule has 1 unspecified atom stereocenters. The van der Waals surface area contributed by atoms with Gasteiger partial charge in [0.2, 0.25) is 5.91 Å². The number of aliphatic carboxylic acids is 1. The molecule has 0 aliphatic heterocycles. The van der Waals surface area contributed by atoms with Crippen LogP contribution in [0.4, 0.5) is 0 Å². The van der Waals surface area contributed by atoms with E-state index in [-0.39, 0.29) is 30.3 Å². The first-order chi connectivity index (χ1) is 8.77. The zero-order valence-corrected chi connectivity index (χ0v) is 12.5. The molecule has 5 nitrogen and oxygen atoms in total. The van der Waals surface area contributed by atoms with Gasteiger partial charge < -0.3 is 15.2 Å². The van der Waals surface area contributed by atoms with Crippen molar-refractivity contribution in [3.05, 3.63) is 0 Å². The van der Waals surface area contributed by atoms with Crippen LogP contribution in [-0.2, 0) is 14.3 Å². The zero-order chi connectivity index (χ0) is 14.9. The molecule has 0 spiro atoms. The van der Waals surface area contributed by atoms with E-state index in [1.807, 2.05) is 6.92 Å². The lowest BCUT2D eigenvalue weighted by molar-refractivity contribution is -0.137. The maximum Gasteiger partial charge on any atom is 0.303 e. The van der Waals surface area contributed by atoms with E-state index in [1.165, 1.54) is 0 Å². The Bertz CT molecular complexity index is 284. The van der Waals surface area contributed by atoms with E-state index in [0.717, 1.165) is 6.42 Å². The van der Waals surface area contributed by atoms with Gasteiger partial charge in [-0.25, -0.2) is 0 Å². The van der Waals surface area contributed by atoms with Crippen molar-refractivity contribution in [3.63, 3.8) is 0 Å². The standard InChI is InChI=1S/C14H27NO4/c1-5-19-10-12(16)15-9-8-11(14(2,3)4)6-7-13(17)18/h11H,5-10H2,1-4H3,(H,15,16)(H,17,18). The molecule has 0 aromatic carbocycles. The molecule has 5 heteroatoms. The van der Waals surface area contributed by atoms with Crippen molar-refractivity contribution in [1.82, 2.24) is 5.32 Å². The molecule has 0 fully saturated rings. The van der Waals surface area contributed by atoms with E-state index in [0.29, 0.717) is 19.6 Å². The second-order valence-corrected chi connectivity index (χ2v) is 5.77. The minimum atomic E-state index is -0.769. The van der Waals surface area contributed by atoms with Crippen LogP contribution < -0.4 is 5.32 Å². The van der Waals surface area contributed by atoms with Gasteiger partial charge in [-0.3, -0.25) is 9.59 Å². The van der Waals surface area contributed by atoms with E-state index in [2.05, 4.69) is 26.1 Å². The van der Waals surface area contributed by atoms with E-state index < -0.39 is 5.97 Å². The minimum Gasteiger partial charge on any atom is -0.481 e. The average Bonchev–Trinajstić information content (AvgIpc) is 2.28. The molecule has 1 amide bonds. The van der Waals surface area contributed by atoms with Gasteiger partial charge in [-0.1, -0.05) is 20.8 Å². The highest BCUT2D eigenvalue weighted by molar-refractivity contribution is 5.77. The molecule has 19 heavy (non-hydrogen) atoms. The number of ether oxygens (including phenoxy) is 1. The van der Waals surface area contributed by atoms with Crippen LogP contribution in [0.5, 0.6) is 0 Å². The van der Waals surface area contributed by atoms with Crippen molar-refractivity contribution >= 4 is 11.9 Å². The van der Waals surface area contributed by atoms with Crippen LogP contribution in [0.1, 0.15) is 47.0 Å². The van der Waals surface area contributed by atoms with E-state index in [9.17, 15) is 9.59 Å². The summed E-state index contributed by atoms with van der Waals surface area (Å²) in [4.78, 5) is 22.0. The van der Waals surface area contributed by atoms with Gasteiger partial charge >= 0.3 is 5.97 Å². The van der Waals surface area contributed by atoms with Crippen LogP contribution in [0.3, 0.4) is 0 Å². The summed E-state index contributed by atoms with van der Waals surface area (Å²) in [5.41, 5.74) is 0.0418. The summed E-state index contributed by atoms with van der Waals surface area (Å²) in [5.74, 6) is -0.613. The SMILES string of the molecule is CCOCC(=O)NCCC(CCC(=O)O)C(C)(C)C. The molecule has 1 atom stereocenters. The fraction of sp³-hybridized carbons (Fsp3) is 0.857. The average molecular weight is 273 g/mol. The molecule has 0 saturated carbocycles. The fourth-order valence-electron chi connectivity index (χ4n) is 1.94. The molecular formula is C14H27NO4. The van der Waals surface area contributed by atoms with Crippen LogP contribution in [0.15, 0.2) is 0 Å². The van der Waals surface area contributed by atoms with Crippen molar-refractivity contribution < 1.29 is 19.4 Å². The Morgan fingerprint density at radius 3 is 2.37 bits per heavy atom. The lowest BCUT2D eigenvalue weighted by Crippen LogP contribution is -2.32. The number of nitrogens with one attached hydrogen (secondary N) is 1. The van der Waals surface area contributed by atoms with Gasteiger partial charge in [-0.2, -0.15) is 0 Å². The third-order valence-corrected chi connectivity index (χ3v) is 3.18. The minimum absolute atomic E-state index is 0.0418. The lowest BCUT2D eigenvalue weighted by atomic mass is 9.76. The molecule has 0 aromatic heterocycles. The fourth-order valence-corrected chi connectivity index (χ4v) is 1.94. The summed E-state index contributed by atoms with van der Waals surface area (Å²) in [6, 6.07) is 0. The number of carboxylic acid groups (broad SMARTS) is 1. The Morgan fingerprint density at radius 2 is 1.89 bits per heavy atom. The van der Waals surface area contributed by atoms with Gasteiger partial charge in [-0.15, -0.1) is 0 Å². The smallest absolute Gasteiger partial charge is 0.303 e. The summed E-state index contributed by atoms with van der Waals surface area (Å²) in [5, 5.41) is 11.5. The van der Waals surface area contributed by atoms with Crippen LogP contribution in [0.2, 0.25) is 0 Å². The number of amides is 1. The monoisotopic (exact) mass is 273 g/mol. The normalized spacial score (nSPS) is 13.1. The summed E-state index contributed by atoms with van der Waals surface area (Å²) < 4.78 is 5.01. The van der Waals surface area contributed by atoms with Gasteiger partial charge in [-0.05, 0) is 31.1 Å². The number of carboxylic acids is 1. The van der Waals surface area contributed by atoms with Crippen molar-refractivity contribution in [1.29, 1.82) is 0 Å². The van der Waals surface area contributed by atoms with Gasteiger partial charge in [0.25, 0.3) is 0 Å². The molecule has 0 aliphatic rings. The molecule has 0 rings (SSSR count). The van der Waals surface area contributed by atoms with Crippen LogP contribution in [-0.4, -0.2) is 36.7 Å². The summed E-state index contributed by atoms with van der Waals surface area (Å²) in [6.45, 7) is 9.31. The van der Waals surface area contributed by atoms with Crippen molar-refractivity contribution in [2.24, 2.45) is 11.3 Å². The first kappa shape index (κ1) is 17.9. The van der Waals surface area contributed by atoms with Crippen LogP contribution >= 0.6 is 0 Å². The van der Waals surface area contributed by atoms with Gasteiger partial charge in [0.15, 0.2) is 0 Å². The van der Waals surface area contributed by atoms with Gasteiger partial charge in [0, 0.05) is 19.6 Å². The van der Waals surface area contributed by atoms with Crippen LogP contribution in [0, 0.1) is 11.3 Å². The second kappa shape index (κ2) is 8.91. The lowest BCUT2D eigenvalue weighted by Gasteiger charge is -2.30. The van der Waals surface area contributed by atoms with Crippen LogP contribution in [0.25, 0.3) is 0 Å². The number of carbonyl (C=O) groups excluding carboxylic acids is 1. The Labute approximate surface area is 115 Å². The Balaban J connectivity index is 4.06. The predicted octanol–water partition coefficient (Wildman–Crippen LogP) is 2.06. The topological polar surface area (TPSA) is 75.6 Å². The van der Waals surface area contributed by atoms with Gasteiger partial charge in [0.1, 0.15) is 6.61 Å². The molecule has 0 aliphatic carbocycles. The Morgan fingerprint density at radius 1 is 1.26 bits per heavy atom. The van der Waals surface area contributed by atoms with Gasteiger partial charge in [0.05, 0.1) is 0 Å². The highest BCUT2D eigenvalue weighted by Crippen LogP contribution is 2.32. The Kier molecular flexibility index (Phi) is 8.39. The second-order valence-electron chi connectivity index (χ2n) is 5.77. The molecule has 0 bridgehead atoms. The zero-order valence-electron chi connectivity index (χ0n) is 12.5. The predicted molar refractivity (Wildman–Crippen MR) is 73.9 cm³/mol. The molecular weight excluding hydrogens is 246 g/mol. The summed E-state index contributed by atoms with van der Waals surface area (Å²) >= 11 is 0. The summed E-state index contributed by atoms with van der Waals surface area (Å²) in [7, 11) is 0. The highest BCUT2D eigenvalue weighted by atomic mass is 16.5. The molecule has 2 N–H and O–H groups in total. The highest BCUT2D eigenvalue weighted by Gasteiger charge is 2.24. The quantitative estimate of drug-likeness (QED) is 0.674. The van der Waals surface area contributed by atoms with E-state index in [1.54, 1.807) is 0 Å². The third-order valence-electron chi connectivity index (χ3n) is 3.18. The largest absolute Gasteiger partial charge is 0.481 e. The Hall–Kier alpha value is -1.10. The molecule has 0 radical (unpaired) electrons. The third kappa shape index (κ3) is 9.47. The molecule has 112 valence electrons. The number of carbonyl (C=O) groups is 2. The number of rotatable bonds is 9. The first-order valence-electron chi connectivity index (χ1n) is 6.83. The molecule has 0 saturated heterocycles. The maximum atomic E-state index is 11.4. The van der Waals surface area contributed by atoms with E-state index in [4.69, 9.17) is 9.84 Å². The number of hydrogen-bond acceptors (Lipinski definition) is 3. The van der Waals surface area contributed by atoms with Crippen molar-refractivity contribution in [2.45, 2.75) is 47.0 Å². The van der Waals surface area contributed by atoms with Crippen molar-refractivity contribution in [2.75, 3.05) is 19.8 Å². The maximum absolute atomic E-state index is 11.4. The molecule has 0 aromatic rings. The summed E-state index contributed by atoms with van der Waals surface area (Å²) in [6.07, 6.45) is 1.60. The van der Waals surface area contributed by atoms with E-state index >= 15 is 0 Å². The number of hydrogen-bond donors (Lipinski definition) is 2. The molecule has 0 heterocycles.